The molecule has 96 valence electrons. The number of nitrogen functional groups attached to an aromatic ring is 1. The predicted molar refractivity (Wildman–Crippen MR) is 74.7 cm³/mol. The van der Waals surface area contributed by atoms with E-state index in [0.717, 1.165) is 15.8 Å². The van der Waals surface area contributed by atoms with Gasteiger partial charge in [0.1, 0.15) is 11.4 Å². The van der Waals surface area contributed by atoms with Gasteiger partial charge in [-0.25, -0.2) is 0 Å². The molecule has 1 aromatic carbocycles. The summed E-state index contributed by atoms with van der Waals surface area (Å²) < 4.78 is 11.2. The first-order valence-corrected chi connectivity index (χ1v) is 6.42. The minimum absolute atomic E-state index is 0.290. The number of ether oxygens (including phenoxy) is 1. The maximum absolute atomic E-state index is 5.56. The van der Waals surface area contributed by atoms with Gasteiger partial charge in [-0.2, -0.15) is 0 Å². The molecule has 0 fully saturated rings. The lowest BCUT2D eigenvalue weighted by molar-refractivity contribution is 0.411. The summed E-state index contributed by atoms with van der Waals surface area (Å²) in [5.74, 6) is 1.43. The van der Waals surface area contributed by atoms with E-state index in [1.54, 1.807) is 13.2 Å². The van der Waals surface area contributed by atoms with Crippen molar-refractivity contribution in [3.05, 3.63) is 28.2 Å². The van der Waals surface area contributed by atoms with Gasteiger partial charge in [0, 0.05) is 11.6 Å². The van der Waals surface area contributed by atoms with Crippen molar-refractivity contribution < 1.29 is 9.26 Å². The molecule has 1 aromatic heterocycles. The van der Waals surface area contributed by atoms with Crippen LogP contribution in [0.2, 0.25) is 0 Å². The second-order valence-corrected chi connectivity index (χ2v) is 5.21. The number of rotatable bonds is 3. The Bertz CT molecular complexity index is 564. The summed E-state index contributed by atoms with van der Waals surface area (Å²) >= 11 is 3.52. The summed E-state index contributed by atoms with van der Waals surface area (Å²) in [6.07, 6.45) is 0. The molecule has 5 heteroatoms. The van der Waals surface area contributed by atoms with Crippen molar-refractivity contribution in [2.24, 2.45) is 0 Å². The molecule has 0 atom stereocenters. The van der Waals surface area contributed by atoms with Crippen LogP contribution in [0.3, 0.4) is 0 Å². The third-order valence-electron chi connectivity index (χ3n) is 2.74. The molecule has 0 spiro atoms. The van der Waals surface area contributed by atoms with Crippen molar-refractivity contribution in [2.45, 2.75) is 19.8 Å². The first kappa shape index (κ1) is 13.0. The van der Waals surface area contributed by atoms with Gasteiger partial charge in [-0.1, -0.05) is 19.0 Å². The van der Waals surface area contributed by atoms with Crippen molar-refractivity contribution in [3.8, 4) is 17.0 Å². The van der Waals surface area contributed by atoms with E-state index in [9.17, 15) is 0 Å². The molecule has 0 bridgehead atoms. The molecule has 0 aliphatic carbocycles. The Morgan fingerprint density at radius 2 is 2.06 bits per heavy atom. The van der Waals surface area contributed by atoms with Crippen LogP contribution in [0.1, 0.15) is 25.3 Å². The minimum atomic E-state index is 0.290. The first-order valence-electron chi connectivity index (χ1n) is 5.63. The summed E-state index contributed by atoms with van der Waals surface area (Å²) in [6, 6.07) is 5.79. The molecule has 4 nitrogen and oxygen atoms in total. The molecule has 0 unspecified atom stereocenters. The lowest BCUT2D eigenvalue weighted by Gasteiger charge is -2.13. The highest BCUT2D eigenvalue weighted by Crippen LogP contribution is 2.39. The lowest BCUT2D eigenvalue weighted by atomic mass is 9.99. The Labute approximate surface area is 114 Å². The monoisotopic (exact) mass is 310 g/mol. The van der Waals surface area contributed by atoms with Gasteiger partial charge in [-0.05, 0) is 39.5 Å². The van der Waals surface area contributed by atoms with Crippen molar-refractivity contribution in [1.82, 2.24) is 5.16 Å². The second kappa shape index (κ2) is 5.02. The second-order valence-electron chi connectivity index (χ2n) is 4.35. The summed E-state index contributed by atoms with van der Waals surface area (Å²) in [4.78, 5) is 0. The number of hydrogen-bond acceptors (Lipinski definition) is 4. The van der Waals surface area contributed by atoms with E-state index in [-0.39, 0.29) is 5.88 Å². The summed E-state index contributed by atoms with van der Waals surface area (Å²) in [6.45, 7) is 4.27. The Morgan fingerprint density at radius 1 is 1.33 bits per heavy atom. The normalized spacial score (nSPS) is 10.9. The molecule has 2 rings (SSSR count). The highest BCUT2D eigenvalue weighted by atomic mass is 79.9. The fourth-order valence-corrected chi connectivity index (χ4v) is 2.40. The minimum Gasteiger partial charge on any atom is -0.495 e. The zero-order valence-corrected chi connectivity index (χ0v) is 12.1. The largest absolute Gasteiger partial charge is 0.495 e. The number of nitrogens with two attached hydrogens (primary N) is 1. The number of benzene rings is 1. The molecule has 1 heterocycles. The van der Waals surface area contributed by atoms with Gasteiger partial charge in [0.2, 0.25) is 5.88 Å². The van der Waals surface area contributed by atoms with Crippen LogP contribution in [-0.4, -0.2) is 12.3 Å². The third kappa shape index (κ3) is 2.36. The Morgan fingerprint density at radius 3 is 2.56 bits per heavy atom. The van der Waals surface area contributed by atoms with Crippen LogP contribution in [0.15, 0.2) is 27.2 Å². The van der Waals surface area contributed by atoms with Gasteiger partial charge in [0.15, 0.2) is 0 Å². The summed E-state index contributed by atoms with van der Waals surface area (Å²) in [5.41, 5.74) is 8.30. The number of hydrogen-bond donors (Lipinski definition) is 1. The molecular weight excluding hydrogens is 296 g/mol. The van der Waals surface area contributed by atoms with Gasteiger partial charge >= 0.3 is 0 Å². The number of anilines is 1. The zero-order chi connectivity index (χ0) is 13.3. The van der Waals surface area contributed by atoms with Crippen LogP contribution < -0.4 is 10.5 Å². The Balaban J connectivity index is 2.63. The molecule has 0 aliphatic heterocycles. The molecule has 18 heavy (non-hydrogen) atoms. The van der Waals surface area contributed by atoms with E-state index in [1.807, 2.05) is 6.07 Å². The van der Waals surface area contributed by atoms with Crippen LogP contribution in [-0.2, 0) is 0 Å². The quantitative estimate of drug-likeness (QED) is 0.936. The van der Waals surface area contributed by atoms with E-state index < -0.39 is 0 Å². The summed E-state index contributed by atoms with van der Waals surface area (Å²) in [5, 5.41) is 3.94. The number of aromatic nitrogens is 1. The van der Waals surface area contributed by atoms with E-state index >= 15 is 0 Å². The highest BCUT2D eigenvalue weighted by Gasteiger charge is 2.16. The van der Waals surface area contributed by atoms with E-state index in [4.69, 9.17) is 15.0 Å². The Kier molecular flexibility index (Phi) is 3.61. The van der Waals surface area contributed by atoms with Crippen molar-refractivity contribution in [1.29, 1.82) is 0 Å². The first-order chi connectivity index (χ1) is 8.52. The average molecular weight is 311 g/mol. The molecule has 2 aromatic rings. The van der Waals surface area contributed by atoms with Gasteiger partial charge in [-0.3, -0.25) is 0 Å². The van der Waals surface area contributed by atoms with Crippen molar-refractivity contribution in [2.75, 3.05) is 12.8 Å². The molecule has 0 amide bonds. The van der Waals surface area contributed by atoms with E-state index in [2.05, 4.69) is 41.0 Å². The molecule has 2 N–H and O–H groups in total. The highest BCUT2D eigenvalue weighted by molar-refractivity contribution is 9.10. The molecule has 0 aliphatic rings. The fraction of sp³-hybridized carbons (Fsp3) is 0.308. The molecule has 0 radical (unpaired) electrons. The SMILES string of the molecule is COc1c(Br)cc(C(C)C)cc1-c1cc(N)on1. The topological polar surface area (TPSA) is 61.3 Å². The maximum atomic E-state index is 5.56. The fourth-order valence-electron chi connectivity index (χ4n) is 1.76. The van der Waals surface area contributed by atoms with Gasteiger partial charge < -0.3 is 15.0 Å². The molecule has 0 saturated carbocycles. The van der Waals surface area contributed by atoms with Crippen LogP contribution in [0.5, 0.6) is 5.75 Å². The third-order valence-corrected chi connectivity index (χ3v) is 3.33. The van der Waals surface area contributed by atoms with E-state index in [1.165, 1.54) is 5.56 Å². The predicted octanol–water partition coefficient (Wildman–Crippen LogP) is 3.82. The lowest BCUT2D eigenvalue weighted by Crippen LogP contribution is -1.94. The van der Waals surface area contributed by atoms with Crippen molar-refractivity contribution >= 4 is 21.8 Å². The molecular formula is C13H15BrN2O2. The zero-order valence-electron chi connectivity index (χ0n) is 10.5. The maximum Gasteiger partial charge on any atom is 0.222 e. The molecule has 0 saturated heterocycles. The smallest absolute Gasteiger partial charge is 0.222 e. The van der Waals surface area contributed by atoms with Crippen LogP contribution in [0, 0.1) is 0 Å². The number of methoxy groups -OCH3 is 1. The van der Waals surface area contributed by atoms with Gasteiger partial charge in [0.25, 0.3) is 0 Å². The average Bonchev–Trinajstić information content (AvgIpc) is 2.74. The standard InChI is InChI=1S/C13H15BrN2O2/c1-7(2)8-4-9(11-6-12(15)18-16-11)13(17-3)10(14)5-8/h4-7H,15H2,1-3H3. The van der Waals surface area contributed by atoms with Crippen LogP contribution in [0.25, 0.3) is 11.3 Å². The van der Waals surface area contributed by atoms with Crippen molar-refractivity contribution in [3.63, 3.8) is 0 Å². The number of halogens is 1. The van der Waals surface area contributed by atoms with Gasteiger partial charge in [0.05, 0.1) is 11.6 Å². The van der Waals surface area contributed by atoms with E-state index in [0.29, 0.717) is 11.6 Å². The van der Waals surface area contributed by atoms with Crippen LogP contribution in [0.4, 0.5) is 5.88 Å². The summed E-state index contributed by atoms with van der Waals surface area (Å²) in [7, 11) is 1.63. The number of nitrogens with zero attached hydrogens (tertiary/aromatic N) is 1. The Hall–Kier alpha value is -1.49. The van der Waals surface area contributed by atoms with Crippen LogP contribution >= 0.6 is 15.9 Å². The van der Waals surface area contributed by atoms with Gasteiger partial charge in [-0.15, -0.1) is 0 Å².